The Balaban J connectivity index is 1.80. The van der Waals surface area contributed by atoms with Crippen molar-refractivity contribution >= 4 is 34.8 Å². The van der Waals surface area contributed by atoms with Gasteiger partial charge in [0.15, 0.2) is 11.5 Å². The van der Waals surface area contributed by atoms with Gasteiger partial charge in [0.05, 0.1) is 11.5 Å². The minimum Gasteiger partial charge on any atom is -0.346 e. The van der Waals surface area contributed by atoms with Crippen molar-refractivity contribution in [3.8, 4) is 0 Å². The summed E-state index contributed by atoms with van der Waals surface area (Å²) >= 11 is 12.0. The smallest absolute Gasteiger partial charge is 0.229 e. The Morgan fingerprint density at radius 2 is 2.15 bits per heavy atom. The Morgan fingerprint density at radius 3 is 2.80 bits per heavy atom. The third-order valence-electron chi connectivity index (χ3n) is 3.83. The van der Waals surface area contributed by atoms with Gasteiger partial charge in [-0.15, -0.1) is 33.4 Å². The van der Waals surface area contributed by atoms with E-state index in [2.05, 4.69) is 15.5 Å². The number of fused-ring (bicyclic) bond motifs is 1. The molecule has 5 nitrogen and oxygen atoms in total. The number of hydrogen-bond acceptors (Lipinski definition) is 3. The maximum absolute atomic E-state index is 12.2. The Kier molecular flexibility index (Phi) is 2.95. The first-order valence-electron chi connectivity index (χ1n) is 6.34. The first kappa shape index (κ1) is 13.6. The number of halogens is 2. The summed E-state index contributed by atoms with van der Waals surface area (Å²) in [4.78, 5) is 12.2. The quantitative estimate of drug-likeness (QED) is 0.886. The van der Waals surface area contributed by atoms with Crippen LogP contribution < -0.4 is 5.32 Å². The topological polar surface area (TPSA) is 59.3 Å². The minimum absolute atomic E-state index is 0.164. The third kappa shape index (κ3) is 1.96. The molecule has 2 aromatic heterocycles. The van der Waals surface area contributed by atoms with Gasteiger partial charge in [0.25, 0.3) is 0 Å². The van der Waals surface area contributed by atoms with Gasteiger partial charge in [-0.05, 0) is 32.4 Å². The molecule has 2 heterocycles. The Bertz CT molecular complexity index is 684. The molecule has 0 aromatic carbocycles. The summed E-state index contributed by atoms with van der Waals surface area (Å²) in [6.07, 6.45) is 2.32. The lowest BCUT2D eigenvalue weighted by atomic mass is 10.1. The number of pyridine rings is 1. The predicted molar refractivity (Wildman–Crippen MR) is 76.7 cm³/mol. The van der Waals surface area contributed by atoms with E-state index in [1.165, 1.54) is 0 Å². The Morgan fingerprint density at radius 1 is 1.45 bits per heavy atom. The van der Waals surface area contributed by atoms with E-state index in [0.29, 0.717) is 12.2 Å². The van der Waals surface area contributed by atoms with Gasteiger partial charge in [-0.2, -0.15) is 0 Å². The van der Waals surface area contributed by atoms with E-state index in [1.807, 2.05) is 35.7 Å². The summed E-state index contributed by atoms with van der Waals surface area (Å²) in [5.41, 5.74) is 0.00970. The number of alkyl halides is 2. The van der Waals surface area contributed by atoms with Gasteiger partial charge in [-0.1, -0.05) is 6.07 Å². The minimum atomic E-state index is -0.969. The van der Waals surface area contributed by atoms with Crippen molar-refractivity contribution < 1.29 is 4.79 Å². The highest BCUT2D eigenvalue weighted by Crippen LogP contribution is 2.63. The van der Waals surface area contributed by atoms with E-state index in [4.69, 9.17) is 23.2 Å². The van der Waals surface area contributed by atoms with Crippen LogP contribution in [-0.4, -0.2) is 24.8 Å². The molecule has 1 aliphatic rings. The number of aromatic nitrogens is 3. The number of carbonyl (C=O) groups is 1. The highest BCUT2D eigenvalue weighted by Gasteiger charge is 2.68. The molecule has 2 aromatic rings. The first-order chi connectivity index (χ1) is 9.35. The largest absolute Gasteiger partial charge is 0.346 e. The van der Waals surface area contributed by atoms with Gasteiger partial charge in [0.2, 0.25) is 5.91 Å². The van der Waals surface area contributed by atoms with Crippen molar-refractivity contribution in [1.82, 2.24) is 19.9 Å². The summed E-state index contributed by atoms with van der Waals surface area (Å²) in [5, 5.41) is 11.1. The zero-order valence-corrected chi connectivity index (χ0v) is 12.6. The average Bonchev–Trinajstić information content (AvgIpc) is 2.75. The van der Waals surface area contributed by atoms with Crippen LogP contribution in [0, 0.1) is 5.41 Å². The van der Waals surface area contributed by atoms with Gasteiger partial charge < -0.3 is 5.32 Å². The third-order valence-corrected chi connectivity index (χ3v) is 4.94. The molecular weight excluding hydrogens is 299 g/mol. The summed E-state index contributed by atoms with van der Waals surface area (Å²) in [6.45, 7) is 3.62. The van der Waals surface area contributed by atoms with Crippen LogP contribution in [0.25, 0.3) is 5.65 Å². The molecule has 3 rings (SSSR count). The number of hydrogen-bond donors (Lipinski definition) is 1. The van der Waals surface area contributed by atoms with Gasteiger partial charge in [-0.3, -0.25) is 9.20 Å². The van der Waals surface area contributed by atoms with Gasteiger partial charge >= 0.3 is 0 Å². The van der Waals surface area contributed by atoms with Crippen molar-refractivity contribution in [2.75, 3.05) is 0 Å². The van der Waals surface area contributed by atoms with Gasteiger partial charge in [0.1, 0.15) is 4.33 Å². The molecule has 2 unspecified atom stereocenters. The fourth-order valence-electron chi connectivity index (χ4n) is 2.22. The van der Waals surface area contributed by atoms with Gasteiger partial charge in [-0.25, -0.2) is 0 Å². The van der Waals surface area contributed by atoms with E-state index in [9.17, 15) is 4.79 Å². The molecule has 0 spiro atoms. The van der Waals surface area contributed by atoms with Crippen molar-refractivity contribution in [1.29, 1.82) is 0 Å². The number of nitrogens with zero attached hydrogens (tertiary/aromatic N) is 3. The summed E-state index contributed by atoms with van der Waals surface area (Å²) < 4.78 is 0.874. The predicted octanol–water partition coefficient (Wildman–Crippen LogP) is 2.49. The SMILES string of the molecule is CC(NC(=O)C1(C)CC1(Cl)Cl)c1nnc2ccccn12. The van der Waals surface area contributed by atoms with E-state index >= 15 is 0 Å². The highest BCUT2D eigenvalue weighted by atomic mass is 35.5. The van der Waals surface area contributed by atoms with Crippen LogP contribution in [0.1, 0.15) is 32.1 Å². The summed E-state index contributed by atoms with van der Waals surface area (Å²) in [5.74, 6) is 0.510. The molecule has 1 aliphatic carbocycles. The molecule has 1 N–H and O–H groups in total. The average molecular weight is 313 g/mol. The summed E-state index contributed by atoms with van der Waals surface area (Å²) in [6, 6.07) is 5.36. The van der Waals surface area contributed by atoms with Crippen molar-refractivity contribution in [3.05, 3.63) is 30.2 Å². The molecule has 0 saturated heterocycles. The number of carbonyl (C=O) groups excluding carboxylic acids is 1. The molecule has 1 saturated carbocycles. The lowest BCUT2D eigenvalue weighted by Gasteiger charge is -2.17. The van der Waals surface area contributed by atoms with Crippen molar-refractivity contribution in [3.63, 3.8) is 0 Å². The maximum atomic E-state index is 12.2. The van der Waals surface area contributed by atoms with Crippen LogP contribution in [0.15, 0.2) is 24.4 Å². The standard InChI is InChI=1S/C13H14Cl2N4O/c1-8(16-11(20)12(2)7-13(12,14)15)10-18-17-9-5-3-4-6-19(9)10/h3-6,8H,7H2,1-2H3,(H,16,20). The highest BCUT2D eigenvalue weighted by molar-refractivity contribution is 6.53. The zero-order chi connectivity index (χ0) is 14.5. The lowest BCUT2D eigenvalue weighted by Crippen LogP contribution is -2.35. The fourth-order valence-corrected chi connectivity index (χ4v) is 2.93. The normalized spacial score (nSPS) is 25.4. The van der Waals surface area contributed by atoms with Gasteiger partial charge in [0, 0.05) is 6.20 Å². The number of amides is 1. The molecular formula is C13H14Cl2N4O. The maximum Gasteiger partial charge on any atom is 0.229 e. The fraction of sp³-hybridized carbons (Fsp3) is 0.462. The Hall–Kier alpha value is -1.33. The number of rotatable bonds is 3. The van der Waals surface area contributed by atoms with Crippen LogP contribution in [0.5, 0.6) is 0 Å². The second kappa shape index (κ2) is 4.33. The van der Waals surface area contributed by atoms with Crippen molar-refractivity contribution in [2.45, 2.75) is 30.6 Å². The van der Waals surface area contributed by atoms with Crippen LogP contribution in [0.3, 0.4) is 0 Å². The monoisotopic (exact) mass is 312 g/mol. The van der Waals surface area contributed by atoms with Crippen LogP contribution >= 0.6 is 23.2 Å². The lowest BCUT2D eigenvalue weighted by molar-refractivity contribution is -0.126. The van der Waals surface area contributed by atoms with E-state index in [0.717, 1.165) is 5.65 Å². The van der Waals surface area contributed by atoms with Crippen LogP contribution in [0.4, 0.5) is 0 Å². The molecule has 106 valence electrons. The Labute approximate surface area is 126 Å². The van der Waals surface area contributed by atoms with Crippen molar-refractivity contribution in [2.24, 2.45) is 5.41 Å². The van der Waals surface area contributed by atoms with E-state index < -0.39 is 9.75 Å². The van der Waals surface area contributed by atoms with Crippen LogP contribution in [-0.2, 0) is 4.79 Å². The summed E-state index contributed by atoms with van der Waals surface area (Å²) in [7, 11) is 0. The molecule has 0 aliphatic heterocycles. The molecule has 0 radical (unpaired) electrons. The number of nitrogens with one attached hydrogen (secondary N) is 1. The molecule has 1 fully saturated rings. The first-order valence-corrected chi connectivity index (χ1v) is 7.09. The molecule has 20 heavy (non-hydrogen) atoms. The zero-order valence-electron chi connectivity index (χ0n) is 11.1. The molecule has 0 bridgehead atoms. The second-order valence-electron chi connectivity index (χ2n) is 5.40. The molecule has 2 atom stereocenters. The van der Waals surface area contributed by atoms with E-state index in [-0.39, 0.29) is 11.9 Å². The second-order valence-corrected chi connectivity index (χ2v) is 6.88. The van der Waals surface area contributed by atoms with E-state index in [1.54, 1.807) is 6.92 Å². The van der Waals surface area contributed by atoms with Crippen LogP contribution in [0.2, 0.25) is 0 Å². The molecule has 7 heteroatoms. The molecule has 1 amide bonds.